The maximum Gasteiger partial charge on any atom is 0.329 e. The van der Waals surface area contributed by atoms with Crippen LogP contribution in [-0.4, -0.2) is 77.8 Å². The van der Waals surface area contributed by atoms with Crippen molar-refractivity contribution in [3.8, 4) is 0 Å². The zero-order valence-corrected chi connectivity index (χ0v) is 16.4. The van der Waals surface area contributed by atoms with Crippen LogP contribution in [0.25, 0.3) is 0 Å². The molecule has 3 atom stereocenters. The summed E-state index contributed by atoms with van der Waals surface area (Å²) >= 11 is 0. The van der Waals surface area contributed by atoms with E-state index in [1.807, 2.05) is 4.90 Å². The molecule has 0 aromatic heterocycles. The van der Waals surface area contributed by atoms with Gasteiger partial charge < -0.3 is 25.6 Å². The molecule has 30 heavy (non-hydrogen) atoms. The molecule has 1 saturated heterocycles. The molecule has 1 aliphatic heterocycles. The van der Waals surface area contributed by atoms with E-state index in [1.165, 1.54) is 19.1 Å². The Bertz CT molecular complexity index is 740. The minimum Gasteiger partial charge on any atom is -0.480 e. The number of halogens is 2. The van der Waals surface area contributed by atoms with Crippen molar-refractivity contribution in [1.82, 2.24) is 15.5 Å². The standard InChI is InChI=1S/C19H25F2N3O6/c1-11(22-14(25)10-24-6-8-30-9-7-24)18(27)23-15(19(28)29)16(26)12-2-4-13(5-3-12)17(20)21/h2-5,11,15-17,26H,6-10H2,1H3,(H,22,25)(H,23,27)(H,28,29)/t11-,15-,16+/m0/s1. The number of aliphatic hydroxyl groups is 1. The van der Waals surface area contributed by atoms with Crippen LogP contribution in [0.5, 0.6) is 0 Å². The number of hydrogen-bond acceptors (Lipinski definition) is 6. The van der Waals surface area contributed by atoms with Crippen molar-refractivity contribution >= 4 is 17.8 Å². The van der Waals surface area contributed by atoms with Crippen LogP contribution in [0.3, 0.4) is 0 Å². The van der Waals surface area contributed by atoms with Gasteiger partial charge in [-0.25, -0.2) is 13.6 Å². The van der Waals surface area contributed by atoms with Gasteiger partial charge in [0.15, 0.2) is 6.04 Å². The molecule has 0 aliphatic carbocycles. The fourth-order valence-corrected chi connectivity index (χ4v) is 2.90. The molecule has 4 N–H and O–H groups in total. The fourth-order valence-electron chi connectivity index (χ4n) is 2.90. The molecule has 2 amide bonds. The van der Waals surface area contributed by atoms with Crippen molar-refractivity contribution in [1.29, 1.82) is 0 Å². The molecule has 0 saturated carbocycles. The number of hydrogen-bond donors (Lipinski definition) is 4. The van der Waals surface area contributed by atoms with Gasteiger partial charge in [-0.1, -0.05) is 24.3 Å². The maximum atomic E-state index is 12.6. The first-order valence-electron chi connectivity index (χ1n) is 9.37. The van der Waals surface area contributed by atoms with Crippen LogP contribution in [0.2, 0.25) is 0 Å². The largest absolute Gasteiger partial charge is 0.480 e. The number of carboxylic acid groups (broad SMARTS) is 1. The van der Waals surface area contributed by atoms with E-state index < -0.39 is 42.4 Å². The van der Waals surface area contributed by atoms with Gasteiger partial charge in [0.2, 0.25) is 11.8 Å². The van der Waals surface area contributed by atoms with Gasteiger partial charge in [0.05, 0.1) is 19.8 Å². The van der Waals surface area contributed by atoms with Gasteiger partial charge in [-0.2, -0.15) is 0 Å². The average Bonchev–Trinajstić information content (AvgIpc) is 2.71. The van der Waals surface area contributed by atoms with E-state index >= 15 is 0 Å². The molecule has 166 valence electrons. The summed E-state index contributed by atoms with van der Waals surface area (Å²) in [6.07, 6.45) is -4.37. The van der Waals surface area contributed by atoms with Crippen LogP contribution in [-0.2, 0) is 19.1 Å². The zero-order chi connectivity index (χ0) is 22.3. The van der Waals surface area contributed by atoms with E-state index in [4.69, 9.17) is 4.74 Å². The van der Waals surface area contributed by atoms with E-state index in [9.17, 15) is 33.4 Å². The lowest BCUT2D eigenvalue weighted by Crippen LogP contribution is -2.53. The first-order valence-corrected chi connectivity index (χ1v) is 9.37. The van der Waals surface area contributed by atoms with E-state index in [0.717, 1.165) is 12.1 Å². The lowest BCUT2D eigenvalue weighted by atomic mass is 10.0. The van der Waals surface area contributed by atoms with E-state index in [2.05, 4.69) is 10.6 Å². The summed E-state index contributed by atoms with van der Waals surface area (Å²) in [6.45, 7) is 3.66. The van der Waals surface area contributed by atoms with Crippen molar-refractivity contribution in [3.05, 3.63) is 35.4 Å². The van der Waals surface area contributed by atoms with Crippen molar-refractivity contribution in [3.63, 3.8) is 0 Å². The zero-order valence-electron chi connectivity index (χ0n) is 16.4. The lowest BCUT2D eigenvalue weighted by molar-refractivity contribution is -0.145. The molecule has 2 rings (SSSR count). The topological polar surface area (TPSA) is 128 Å². The summed E-state index contributed by atoms with van der Waals surface area (Å²) in [6, 6.07) is 1.70. The summed E-state index contributed by atoms with van der Waals surface area (Å²) in [4.78, 5) is 37.8. The summed E-state index contributed by atoms with van der Waals surface area (Å²) < 4.78 is 30.5. The first-order chi connectivity index (χ1) is 14.2. The Morgan fingerprint density at radius 3 is 2.20 bits per heavy atom. The summed E-state index contributed by atoms with van der Waals surface area (Å²) in [5.41, 5.74) is -0.227. The number of aliphatic carboxylic acids is 1. The Kier molecular flexibility index (Phi) is 8.63. The number of morpholine rings is 1. The highest BCUT2D eigenvalue weighted by atomic mass is 19.3. The number of nitrogens with zero attached hydrogens (tertiary/aromatic N) is 1. The van der Waals surface area contributed by atoms with Gasteiger partial charge in [-0.05, 0) is 12.5 Å². The highest BCUT2D eigenvalue weighted by molar-refractivity contribution is 5.90. The lowest BCUT2D eigenvalue weighted by Gasteiger charge is -2.27. The second kappa shape index (κ2) is 11.0. The highest BCUT2D eigenvalue weighted by Gasteiger charge is 2.31. The average molecular weight is 429 g/mol. The van der Waals surface area contributed by atoms with Gasteiger partial charge in [-0.3, -0.25) is 14.5 Å². The molecule has 9 nitrogen and oxygen atoms in total. The van der Waals surface area contributed by atoms with Crippen molar-refractivity contribution in [2.24, 2.45) is 0 Å². The number of carbonyl (C=O) groups excluding carboxylic acids is 2. The van der Waals surface area contributed by atoms with Crippen LogP contribution in [0.4, 0.5) is 8.78 Å². The molecule has 0 unspecified atom stereocenters. The molecule has 0 bridgehead atoms. The van der Waals surface area contributed by atoms with Crippen LogP contribution in [0.15, 0.2) is 24.3 Å². The molecule has 1 heterocycles. The molecular weight excluding hydrogens is 404 g/mol. The highest BCUT2D eigenvalue weighted by Crippen LogP contribution is 2.23. The maximum absolute atomic E-state index is 12.6. The van der Waals surface area contributed by atoms with Gasteiger partial charge in [0.25, 0.3) is 6.43 Å². The second-order valence-electron chi connectivity index (χ2n) is 6.91. The molecule has 1 aromatic carbocycles. The number of alkyl halides is 2. The van der Waals surface area contributed by atoms with Crippen molar-refractivity contribution in [2.45, 2.75) is 31.5 Å². The third-order valence-electron chi connectivity index (χ3n) is 4.65. The van der Waals surface area contributed by atoms with E-state index in [-0.39, 0.29) is 17.7 Å². The normalized spacial score (nSPS) is 17.8. The molecule has 1 fully saturated rings. The monoisotopic (exact) mass is 429 g/mol. The summed E-state index contributed by atoms with van der Waals surface area (Å²) in [7, 11) is 0. The van der Waals surface area contributed by atoms with Gasteiger partial charge in [0.1, 0.15) is 12.1 Å². The Hall–Kier alpha value is -2.63. The van der Waals surface area contributed by atoms with Gasteiger partial charge in [-0.15, -0.1) is 0 Å². The smallest absolute Gasteiger partial charge is 0.329 e. The summed E-state index contributed by atoms with van der Waals surface area (Å²) in [5, 5.41) is 24.4. The number of aliphatic hydroxyl groups excluding tert-OH is 1. The molecule has 0 spiro atoms. The molecular formula is C19H25F2N3O6. The minimum absolute atomic E-state index is 0.0520. The Balaban J connectivity index is 1.94. The Morgan fingerprint density at radius 2 is 1.67 bits per heavy atom. The van der Waals surface area contributed by atoms with Gasteiger partial charge in [0, 0.05) is 18.7 Å². The number of ether oxygens (including phenoxy) is 1. The van der Waals surface area contributed by atoms with E-state index in [0.29, 0.717) is 26.3 Å². The quantitative estimate of drug-likeness (QED) is 0.437. The fraction of sp³-hybridized carbons (Fsp3) is 0.526. The Morgan fingerprint density at radius 1 is 1.10 bits per heavy atom. The third kappa shape index (κ3) is 6.71. The molecule has 0 radical (unpaired) electrons. The second-order valence-corrected chi connectivity index (χ2v) is 6.91. The van der Waals surface area contributed by atoms with Crippen LogP contribution in [0.1, 0.15) is 30.6 Å². The van der Waals surface area contributed by atoms with Crippen molar-refractivity contribution in [2.75, 3.05) is 32.8 Å². The summed E-state index contributed by atoms with van der Waals surface area (Å²) in [5.74, 6) is -2.73. The minimum atomic E-state index is -2.70. The predicted molar refractivity (Wildman–Crippen MR) is 101 cm³/mol. The first kappa shape index (κ1) is 23.6. The molecule has 11 heteroatoms. The number of nitrogens with one attached hydrogen (secondary N) is 2. The third-order valence-corrected chi connectivity index (χ3v) is 4.65. The Labute approximate surface area is 172 Å². The van der Waals surface area contributed by atoms with Crippen LogP contribution >= 0.6 is 0 Å². The number of carboxylic acids is 1. The van der Waals surface area contributed by atoms with Crippen LogP contribution in [0, 0.1) is 0 Å². The van der Waals surface area contributed by atoms with Crippen LogP contribution < -0.4 is 10.6 Å². The van der Waals surface area contributed by atoms with E-state index in [1.54, 1.807) is 0 Å². The van der Waals surface area contributed by atoms with Crippen molar-refractivity contribution < 1.29 is 38.1 Å². The number of carbonyl (C=O) groups is 3. The molecule has 1 aromatic rings. The number of benzene rings is 1. The number of amides is 2. The predicted octanol–water partition coefficient (Wildman–Crippen LogP) is 0.0639. The SMILES string of the molecule is C[C@H](NC(=O)CN1CCOCC1)C(=O)N[C@H](C(=O)O)[C@H](O)c1ccc(C(F)F)cc1. The van der Waals surface area contributed by atoms with Gasteiger partial charge >= 0.3 is 5.97 Å². The molecule has 1 aliphatic rings. The number of rotatable bonds is 9.